The summed E-state index contributed by atoms with van der Waals surface area (Å²) in [5.41, 5.74) is 0. The summed E-state index contributed by atoms with van der Waals surface area (Å²) < 4.78 is 0. The van der Waals surface area contributed by atoms with E-state index in [4.69, 9.17) is 0 Å². The van der Waals surface area contributed by atoms with Crippen molar-refractivity contribution in [2.24, 2.45) is 0 Å². The Labute approximate surface area is 103 Å². The van der Waals surface area contributed by atoms with E-state index in [-0.39, 0.29) is 0 Å². The number of hydrogen-bond acceptors (Lipinski definition) is 1. The highest BCUT2D eigenvalue weighted by molar-refractivity contribution is 4.50. The molecule has 0 aliphatic heterocycles. The molecule has 0 atom stereocenters. The van der Waals surface area contributed by atoms with Gasteiger partial charge in [0.1, 0.15) is 0 Å². The lowest BCUT2D eigenvalue weighted by Crippen LogP contribution is -2.15. The Kier molecular flexibility index (Phi) is 14.9. The Morgan fingerprint density at radius 2 is 1.00 bits per heavy atom. The largest absolute Gasteiger partial charge is 0.317 e. The standard InChI is InChI=1S/C15H33N/c1-3-5-6-7-8-9-10-11-12-13-15-16-14-4-2/h16H,3-15H2,1-2H3. The average molecular weight is 227 g/mol. The van der Waals surface area contributed by atoms with Gasteiger partial charge in [0.25, 0.3) is 0 Å². The van der Waals surface area contributed by atoms with Gasteiger partial charge in [-0.1, -0.05) is 71.6 Å². The number of rotatable bonds is 13. The summed E-state index contributed by atoms with van der Waals surface area (Å²) in [7, 11) is 0. The third-order valence-corrected chi connectivity index (χ3v) is 3.13. The van der Waals surface area contributed by atoms with Crippen LogP contribution in [0.1, 0.15) is 84.5 Å². The molecule has 0 aromatic heterocycles. The maximum absolute atomic E-state index is 3.46. The Balaban J connectivity index is 2.83. The number of unbranched alkanes of at least 4 members (excludes halogenated alkanes) is 9. The monoisotopic (exact) mass is 227 g/mol. The first-order valence-corrected chi connectivity index (χ1v) is 7.62. The molecule has 0 unspecified atom stereocenters. The molecule has 98 valence electrons. The summed E-state index contributed by atoms with van der Waals surface area (Å²) in [6, 6.07) is 0. The van der Waals surface area contributed by atoms with Gasteiger partial charge in [-0.2, -0.15) is 0 Å². The minimum absolute atomic E-state index is 1.19. The van der Waals surface area contributed by atoms with E-state index in [9.17, 15) is 0 Å². The molecule has 0 rings (SSSR count). The van der Waals surface area contributed by atoms with Gasteiger partial charge in [-0.15, -0.1) is 0 Å². The molecule has 0 aliphatic rings. The molecule has 0 radical (unpaired) electrons. The fraction of sp³-hybridized carbons (Fsp3) is 1.00. The van der Waals surface area contributed by atoms with Crippen molar-refractivity contribution in [1.29, 1.82) is 0 Å². The average Bonchev–Trinajstić information content (AvgIpc) is 2.31. The van der Waals surface area contributed by atoms with Crippen molar-refractivity contribution >= 4 is 0 Å². The third kappa shape index (κ3) is 14.0. The third-order valence-electron chi connectivity index (χ3n) is 3.13. The van der Waals surface area contributed by atoms with Crippen molar-refractivity contribution < 1.29 is 0 Å². The van der Waals surface area contributed by atoms with Crippen molar-refractivity contribution in [2.75, 3.05) is 13.1 Å². The molecule has 0 heterocycles. The number of nitrogens with one attached hydrogen (secondary N) is 1. The van der Waals surface area contributed by atoms with E-state index >= 15 is 0 Å². The predicted octanol–water partition coefficient (Wildman–Crippen LogP) is 4.91. The molecule has 0 amide bonds. The van der Waals surface area contributed by atoms with Crippen LogP contribution in [-0.2, 0) is 0 Å². The topological polar surface area (TPSA) is 12.0 Å². The molecule has 1 heteroatoms. The summed E-state index contributed by atoms with van der Waals surface area (Å²) in [6.45, 7) is 6.93. The van der Waals surface area contributed by atoms with Crippen molar-refractivity contribution in [1.82, 2.24) is 5.32 Å². The highest BCUT2D eigenvalue weighted by Gasteiger charge is 1.92. The van der Waals surface area contributed by atoms with E-state index in [1.165, 1.54) is 83.7 Å². The van der Waals surface area contributed by atoms with Crippen LogP contribution in [-0.4, -0.2) is 13.1 Å². The maximum atomic E-state index is 3.46. The van der Waals surface area contributed by atoms with Gasteiger partial charge >= 0.3 is 0 Å². The minimum Gasteiger partial charge on any atom is -0.317 e. The van der Waals surface area contributed by atoms with Gasteiger partial charge < -0.3 is 5.32 Å². The molecule has 0 aromatic carbocycles. The van der Waals surface area contributed by atoms with Crippen molar-refractivity contribution in [3.8, 4) is 0 Å². The zero-order chi connectivity index (χ0) is 11.9. The minimum atomic E-state index is 1.19. The van der Waals surface area contributed by atoms with Gasteiger partial charge in [-0.3, -0.25) is 0 Å². The Morgan fingerprint density at radius 3 is 1.50 bits per heavy atom. The Morgan fingerprint density at radius 1 is 0.500 bits per heavy atom. The smallest absolute Gasteiger partial charge is 0.00489 e. The summed E-state index contributed by atoms with van der Waals surface area (Å²) in [5.74, 6) is 0. The second-order valence-electron chi connectivity index (χ2n) is 4.93. The van der Waals surface area contributed by atoms with Gasteiger partial charge in [-0.25, -0.2) is 0 Å². The van der Waals surface area contributed by atoms with Crippen molar-refractivity contribution in [3.05, 3.63) is 0 Å². The summed E-state index contributed by atoms with van der Waals surface area (Å²) in [4.78, 5) is 0. The number of hydrogen-bond donors (Lipinski definition) is 1. The second kappa shape index (κ2) is 15.0. The summed E-state index contributed by atoms with van der Waals surface area (Å²) in [5, 5.41) is 3.46. The zero-order valence-electron chi connectivity index (χ0n) is 11.7. The lowest BCUT2D eigenvalue weighted by atomic mass is 10.1. The van der Waals surface area contributed by atoms with Crippen LogP contribution in [0.4, 0.5) is 0 Å². The first kappa shape index (κ1) is 16.0. The van der Waals surface area contributed by atoms with Crippen LogP contribution in [0.25, 0.3) is 0 Å². The van der Waals surface area contributed by atoms with Crippen LogP contribution in [0.15, 0.2) is 0 Å². The fourth-order valence-electron chi connectivity index (χ4n) is 2.04. The van der Waals surface area contributed by atoms with Gasteiger partial charge in [0.15, 0.2) is 0 Å². The van der Waals surface area contributed by atoms with Crippen LogP contribution in [0.3, 0.4) is 0 Å². The Bertz CT molecular complexity index is 98.0. The van der Waals surface area contributed by atoms with E-state index < -0.39 is 0 Å². The highest BCUT2D eigenvalue weighted by atomic mass is 14.8. The molecule has 0 fully saturated rings. The van der Waals surface area contributed by atoms with E-state index in [2.05, 4.69) is 19.2 Å². The van der Waals surface area contributed by atoms with Crippen LogP contribution >= 0.6 is 0 Å². The van der Waals surface area contributed by atoms with Crippen molar-refractivity contribution in [2.45, 2.75) is 84.5 Å². The molecule has 1 nitrogen and oxygen atoms in total. The molecular formula is C15H33N. The summed E-state index contributed by atoms with van der Waals surface area (Å²) >= 11 is 0. The highest BCUT2D eigenvalue weighted by Crippen LogP contribution is 2.10. The second-order valence-corrected chi connectivity index (χ2v) is 4.93. The first-order valence-electron chi connectivity index (χ1n) is 7.62. The molecular weight excluding hydrogens is 194 g/mol. The SMILES string of the molecule is CCCCCCCCCCCCNCCC. The van der Waals surface area contributed by atoms with Crippen molar-refractivity contribution in [3.63, 3.8) is 0 Å². The lowest BCUT2D eigenvalue weighted by molar-refractivity contribution is 0.543. The van der Waals surface area contributed by atoms with Crippen LogP contribution in [0.5, 0.6) is 0 Å². The van der Waals surface area contributed by atoms with Gasteiger partial charge in [0, 0.05) is 0 Å². The van der Waals surface area contributed by atoms with Gasteiger partial charge in [0.2, 0.25) is 0 Å². The molecule has 0 bridgehead atoms. The van der Waals surface area contributed by atoms with E-state index in [1.807, 2.05) is 0 Å². The van der Waals surface area contributed by atoms with E-state index in [0.29, 0.717) is 0 Å². The normalized spacial score (nSPS) is 10.9. The maximum Gasteiger partial charge on any atom is -0.00489 e. The molecule has 0 saturated heterocycles. The van der Waals surface area contributed by atoms with E-state index in [0.717, 1.165) is 0 Å². The molecule has 0 aliphatic carbocycles. The van der Waals surface area contributed by atoms with Crippen LogP contribution in [0.2, 0.25) is 0 Å². The zero-order valence-corrected chi connectivity index (χ0v) is 11.7. The summed E-state index contributed by atoms with van der Waals surface area (Å²) in [6.07, 6.45) is 15.6. The fourth-order valence-corrected chi connectivity index (χ4v) is 2.04. The molecule has 0 aromatic rings. The van der Waals surface area contributed by atoms with E-state index in [1.54, 1.807) is 0 Å². The molecule has 0 spiro atoms. The molecule has 0 saturated carbocycles. The first-order chi connectivity index (χ1) is 7.91. The molecule has 16 heavy (non-hydrogen) atoms. The quantitative estimate of drug-likeness (QED) is 0.441. The lowest BCUT2D eigenvalue weighted by Gasteiger charge is -2.03. The van der Waals surface area contributed by atoms with Gasteiger partial charge in [0.05, 0.1) is 0 Å². The van der Waals surface area contributed by atoms with Crippen LogP contribution in [0, 0.1) is 0 Å². The van der Waals surface area contributed by atoms with Gasteiger partial charge in [-0.05, 0) is 25.9 Å². The van der Waals surface area contributed by atoms with Crippen LogP contribution < -0.4 is 5.32 Å². The molecule has 1 N–H and O–H groups in total. The Hall–Kier alpha value is -0.0400. The predicted molar refractivity (Wildman–Crippen MR) is 75.0 cm³/mol.